The molecule has 0 saturated carbocycles. The Morgan fingerprint density at radius 1 is 1.33 bits per heavy atom. The lowest BCUT2D eigenvalue weighted by atomic mass is 10.1. The molecule has 0 aliphatic heterocycles. The van der Waals surface area contributed by atoms with Crippen molar-refractivity contribution in [3.05, 3.63) is 29.6 Å². The van der Waals surface area contributed by atoms with Crippen molar-refractivity contribution in [1.82, 2.24) is 9.97 Å². The van der Waals surface area contributed by atoms with Gasteiger partial charge in [0.15, 0.2) is 0 Å². The van der Waals surface area contributed by atoms with Gasteiger partial charge < -0.3 is 10.7 Å². The van der Waals surface area contributed by atoms with Crippen molar-refractivity contribution < 1.29 is 0 Å². The number of nitrogens with zero attached hydrogens (tertiary/aromatic N) is 1. The van der Waals surface area contributed by atoms with Gasteiger partial charge in [-0.25, -0.2) is 4.98 Å². The van der Waals surface area contributed by atoms with Crippen LogP contribution in [0.5, 0.6) is 0 Å². The lowest BCUT2D eigenvalue weighted by molar-refractivity contribution is 0.747. The molecule has 15 heavy (non-hydrogen) atoms. The number of benzene rings is 1. The maximum Gasteiger partial charge on any atom is 0.104 e. The fraction of sp³-hybridized carbons (Fsp3) is 0.417. The van der Waals surface area contributed by atoms with Gasteiger partial charge in [0, 0.05) is 0 Å². The van der Waals surface area contributed by atoms with E-state index in [2.05, 4.69) is 28.2 Å². The van der Waals surface area contributed by atoms with E-state index in [-0.39, 0.29) is 0 Å². The molecule has 0 unspecified atom stereocenters. The van der Waals surface area contributed by atoms with Crippen molar-refractivity contribution in [2.24, 2.45) is 5.73 Å². The summed E-state index contributed by atoms with van der Waals surface area (Å²) in [7, 11) is 0. The van der Waals surface area contributed by atoms with E-state index in [0.717, 1.165) is 42.7 Å². The molecule has 3 nitrogen and oxygen atoms in total. The van der Waals surface area contributed by atoms with Gasteiger partial charge in [-0.05, 0) is 44.4 Å². The number of nitrogens with one attached hydrogen (secondary N) is 1. The molecule has 0 saturated heterocycles. The molecule has 0 spiro atoms. The fourth-order valence-electron chi connectivity index (χ4n) is 1.88. The Labute approximate surface area is 89.7 Å². The van der Waals surface area contributed by atoms with Crippen molar-refractivity contribution >= 4 is 11.0 Å². The molecule has 0 atom stereocenters. The molecule has 0 radical (unpaired) electrons. The van der Waals surface area contributed by atoms with Gasteiger partial charge in [0.25, 0.3) is 0 Å². The highest BCUT2D eigenvalue weighted by atomic mass is 14.9. The highest BCUT2D eigenvalue weighted by Gasteiger charge is 2.04. The summed E-state index contributed by atoms with van der Waals surface area (Å²) in [5, 5.41) is 0. The molecule has 1 aromatic heterocycles. The Morgan fingerprint density at radius 3 is 3.00 bits per heavy atom. The summed E-state index contributed by atoms with van der Waals surface area (Å²) in [5.41, 5.74) is 9.07. The van der Waals surface area contributed by atoms with E-state index in [0.29, 0.717) is 0 Å². The first-order valence-electron chi connectivity index (χ1n) is 5.45. The standard InChI is InChI=1S/C12H17N3/c1-9-14-11-7-4-6-10(12(11)15-9)5-2-3-8-13/h4,6-7H,2-3,5,8,13H2,1H3,(H,14,15). The molecule has 0 bridgehead atoms. The topological polar surface area (TPSA) is 54.7 Å². The Hall–Kier alpha value is -1.35. The highest BCUT2D eigenvalue weighted by molar-refractivity contribution is 5.78. The molecular weight excluding hydrogens is 186 g/mol. The fourth-order valence-corrected chi connectivity index (χ4v) is 1.88. The van der Waals surface area contributed by atoms with Crippen molar-refractivity contribution in [1.29, 1.82) is 0 Å². The van der Waals surface area contributed by atoms with Crippen LogP contribution < -0.4 is 5.73 Å². The Balaban J connectivity index is 2.25. The molecule has 1 aromatic carbocycles. The molecule has 2 rings (SSSR count). The zero-order valence-electron chi connectivity index (χ0n) is 9.09. The number of aromatic amines is 1. The zero-order chi connectivity index (χ0) is 10.7. The number of hydrogen-bond acceptors (Lipinski definition) is 2. The number of imidazole rings is 1. The third kappa shape index (κ3) is 2.18. The summed E-state index contributed by atoms with van der Waals surface area (Å²) in [6.45, 7) is 2.76. The van der Waals surface area contributed by atoms with Crippen molar-refractivity contribution in [2.75, 3.05) is 6.54 Å². The normalized spacial score (nSPS) is 11.1. The number of aromatic nitrogens is 2. The Morgan fingerprint density at radius 2 is 2.20 bits per heavy atom. The van der Waals surface area contributed by atoms with E-state index in [1.165, 1.54) is 5.56 Å². The lowest BCUT2D eigenvalue weighted by Crippen LogP contribution is -1.99. The molecule has 80 valence electrons. The minimum Gasteiger partial charge on any atom is -0.342 e. The van der Waals surface area contributed by atoms with E-state index in [1.807, 2.05) is 6.92 Å². The third-order valence-electron chi connectivity index (χ3n) is 2.61. The number of aryl methyl sites for hydroxylation is 2. The van der Waals surface area contributed by atoms with Gasteiger partial charge >= 0.3 is 0 Å². The summed E-state index contributed by atoms with van der Waals surface area (Å²) in [4.78, 5) is 7.76. The maximum atomic E-state index is 5.49. The number of fused-ring (bicyclic) bond motifs is 1. The molecular formula is C12H17N3. The van der Waals surface area contributed by atoms with Crippen LogP contribution in [0.3, 0.4) is 0 Å². The average Bonchev–Trinajstić information content (AvgIpc) is 2.59. The van der Waals surface area contributed by atoms with E-state index >= 15 is 0 Å². The van der Waals surface area contributed by atoms with Crippen LogP contribution >= 0.6 is 0 Å². The molecule has 0 fully saturated rings. The van der Waals surface area contributed by atoms with Gasteiger partial charge in [0.1, 0.15) is 5.82 Å². The number of hydrogen-bond donors (Lipinski definition) is 2. The average molecular weight is 203 g/mol. The number of para-hydroxylation sites is 1. The zero-order valence-corrected chi connectivity index (χ0v) is 9.09. The van der Waals surface area contributed by atoms with Crippen LogP contribution in [0.4, 0.5) is 0 Å². The lowest BCUT2D eigenvalue weighted by Gasteiger charge is -2.01. The first-order chi connectivity index (χ1) is 7.31. The molecule has 0 aliphatic rings. The smallest absolute Gasteiger partial charge is 0.104 e. The molecule has 3 N–H and O–H groups in total. The number of H-pyrrole nitrogens is 1. The van der Waals surface area contributed by atoms with E-state index in [4.69, 9.17) is 5.73 Å². The van der Waals surface area contributed by atoms with Gasteiger partial charge in [-0.3, -0.25) is 0 Å². The van der Waals surface area contributed by atoms with Crippen LogP contribution in [0.15, 0.2) is 18.2 Å². The van der Waals surface area contributed by atoms with Gasteiger partial charge in [-0.1, -0.05) is 12.1 Å². The van der Waals surface area contributed by atoms with Crippen LogP contribution in [0.1, 0.15) is 24.2 Å². The Bertz CT molecular complexity index is 445. The largest absolute Gasteiger partial charge is 0.342 e. The highest BCUT2D eigenvalue weighted by Crippen LogP contribution is 2.17. The van der Waals surface area contributed by atoms with Gasteiger partial charge in [0.2, 0.25) is 0 Å². The molecule has 2 aromatic rings. The number of unbranched alkanes of at least 4 members (excludes halogenated alkanes) is 1. The van der Waals surface area contributed by atoms with Crippen molar-refractivity contribution in [3.8, 4) is 0 Å². The minimum absolute atomic E-state index is 0.773. The van der Waals surface area contributed by atoms with Crippen molar-refractivity contribution in [3.63, 3.8) is 0 Å². The second-order valence-corrected chi connectivity index (χ2v) is 3.88. The first kappa shape index (κ1) is 10.2. The van der Waals surface area contributed by atoms with E-state index < -0.39 is 0 Å². The molecule has 3 heteroatoms. The summed E-state index contributed by atoms with van der Waals surface area (Å²) in [6, 6.07) is 6.30. The monoisotopic (exact) mass is 203 g/mol. The van der Waals surface area contributed by atoms with Crippen LogP contribution in [-0.4, -0.2) is 16.5 Å². The summed E-state index contributed by atoms with van der Waals surface area (Å²) >= 11 is 0. The molecule has 0 aliphatic carbocycles. The molecule has 0 amide bonds. The second kappa shape index (κ2) is 4.45. The quantitative estimate of drug-likeness (QED) is 0.748. The summed E-state index contributed by atoms with van der Waals surface area (Å²) in [5.74, 6) is 0.983. The van der Waals surface area contributed by atoms with Crippen LogP contribution in [0.2, 0.25) is 0 Å². The number of rotatable bonds is 4. The van der Waals surface area contributed by atoms with Crippen LogP contribution in [0.25, 0.3) is 11.0 Å². The van der Waals surface area contributed by atoms with Gasteiger partial charge in [-0.2, -0.15) is 0 Å². The van der Waals surface area contributed by atoms with Gasteiger partial charge in [0.05, 0.1) is 11.0 Å². The number of nitrogens with two attached hydrogens (primary N) is 1. The van der Waals surface area contributed by atoms with Crippen LogP contribution in [0, 0.1) is 6.92 Å². The van der Waals surface area contributed by atoms with Crippen molar-refractivity contribution in [2.45, 2.75) is 26.2 Å². The van der Waals surface area contributed by atoms with Gasteiger partial charge in [-0.15, -0.1) is 0 Å². The van der Waals surface area contributed by atoms with E-state index in [1.54, 1.807) is 0 Å². The SMILES string of the molecule is Cc1nc2c(CCCCN)cccc2[nH]1. The first-order valence-corrected chi connectivity index (χ1v) is 5.45. The second-order valence-electron chi connectivity index (χ2n) is 3.88. The minimum atomic E-state index is 0.773. The Kier molecular flexibility index (Phi) is 3.02. The summed E-state index contributed by atoms with van der Waals surface area (Å²) in [6.07, 6.45) is 3.29. The maximum absolute atomic E-state index is 5.49. The third-order valence-corrected chi connectivity index (χ3v) is 2.61. The van der Waals surface area contributed by atoms with E-state index in [9.17, 15) is 0 Å². The van der Waals surface area contributed by atoms with Crippen LogP contribution in [-0.2, 0) is 6.42 Å². The summed E-state index contributed by atoms with van der Waals surface area (Å²) < 4.78 is 0. The predicted octanol–water partition coefficient (Wildman–Crippen LogP) is 2.15. The predicted molar refractivity (Wildman–Crippen MR) is 62.8 cm³/mol. The molecule has 1 heterocycles.